The van der Waals surface area contributed by atoms with Gasteiger partial charge in [0, 0.05) is 25.2 Å². The van der Waals surface area contributed by atoms with Crippen molar-refractivity contribution in [3.05, 3.63) is 36.2 Å². The quantitative estimate of drug-likeness (QED) is 0.926. The number of hydrogen-bond acceptors (Lipinski definition) is 5. The zero-order chi connectivity index (χ0) is 14.1. The number of fused-ring (bicyclic) bond motifs is 2. The second-order valence-corrected chi connectivity index (χ2v) is 6.00. The first kappa shape index (κ1) is 15.4. The van der Waals surface area contributed by atoms with Gasteiger partial charge in [-0.25, -0.2) is 0 Å². The summed E-state index contributed by atoms with van der Waals surface area (Å²) in [6, 6.07) is 11.4. The van der Waals surface area contributed by atoms with Gasteiger partial charge in [-0.3, -0.25) is 4.90 Å². The molecule has 1 N–H and O–H groups in total. The monoisotopic (exact) mass is 320 g/mol. The Bertz CT molecular complexity index is 601. The third-order valence-electron chi connectivity index (χ3n) is 4.51. The highest BCUT2D eigenvalue weighted by atomic mass is 35.5. The van der Waals surface area contributed by atoms with E-state index < -0.39 is 0 Å². The second kappa shape index (κ2) is 6.73. The van der Waals surface area contributed by atoms with Crippen molar-refractivity contribution in [2.24, 2.45) is 0 Å². The number of likely N-dealkylation sites (tertiary alicyclic amines) is 1. The Hall–Kier alpha value is -1.50. The molecule has 0 spiro atoms. The maximum atomic E-state index is 4.22. The molecule has 118 valence electrons. The van der Waals surface area contributed by atoms with Crippen LogP contribution in [0.4, 0.5) is 0 Å². The molecule has 22 heavy (non-hydrogen) atoms. The highest BCUT2D eigenvalue weighted by Crippen LogP contribution is 2.21. The fraction of sp³-hybridized carbons (Fsp3) is 0.533. The van der Waals surface area contributed by atoms with E-state index in [0.29, 0.717) is 12.1 Å². The Labute approximate surface area is 136 Å². The van der Waals surface area contributed by atoms with Crippen LogP contribution in [0.2, 0.25) is 0 Å². The SMILES string of the molecule is Cl.c1ccc(-n2nnnc2CN2CCC3CCC(C2)N3)cc1. The van der Waals surface area contributed by atoms with Crippen LogP contribution in [0.25, 0.3) is 5.69 Å². The molecule has 1 aromatic carbocycles. The first-order chi connectivity index (χ1) is 10.4. The molecule has 3 heterocycles. The van der Waals surface area contributed by atoms with Gasteiger partial charge in [0.1, 0.15) is 0 Å². The molecule has 0 aliphatic carbocycles. The average molecular weight is 321 g/mol. The first-order valence-electron chi connectivity index (χ1n) is 7.69. The van der Waals surface area contributed by atoms with Gasteiger partial charge < -0.3 is 5.32 Å². The molecule has 0 amide bonds. The summed E-state index contributed by atoms with van der Waals surface area (Å²) in [5.74, 6) is 0.916. The molecule has 2 atom stereocenters. The highest BCUT2D eigenvalue weighted by Gasteiger charge is 2.29. The molecule has 0 saturated carbocycles. The van der Waals surface area contributed by atoms with E-state index in [-0.39, 0.29) is 12.4 Å². The molecule has 6 nitrogen and oxygen atoms in total. The maximum Gasteiger partial charge on any atom is 0.170 e. The van der Waals surface area contributed by atoms with Crippen LogP contribution < -0.4 is 5.32 Å². The lowest BCUT2D eigenvalue weighted by molar-refractivity contribution is 0.243. The first-order valence-corrected chi connectivity index (χ1v) is 7.69. The molecule has 2 aromatic rings. The maximum absolute atomic E-state index is 4.22. The van der Waals surface area contributed by atoms with Crippen molar-refractivity contribution in [1.29, 1.82) is 0 Å². The second-order valence-electron chi connectivity index (χ2n) is 6.00. The van der Waals surface area contributed by atoms with Crippen molar-refractivity contribution < 1.29 is 0 Å². The molecule has 2 bridgehead atoms. The summed E-state index contributed by atoms with van der Waals surface area (Å²) in [7, 11) is 0. The Morgan fingerprint density at radius 2 is 1.91 bits per heavy atom. The smallest absolute Gasteiger partial charge is 0.170 e. The van der Waals surface area contributed by atoms with Crippen molar-refractivity contribution in [2.75, 3.05) is 13.1 Å². The van der Waals surface area contributed by atoms with Gasteiger partial charge in [0.15, 0.2) is 5.82 Å². The average Bonchev–Trinajstić information content (AvgIpc) is 3.09. The number of rotatable bonds is 3. The van der Waals surface area contributed by atoms with Crippen molar-refractivity contribution >= 4 is 12.4 Å². The van der Waals surface area contributed by atoms with E-state index in [1.165, 1.54) is 19.3 Å². The lowest BCUT2D eigenvalue weighted by Crippen LogP contribution is -2.35. The lowest BCUT2D eigenvalue weighted by atomic mass is 10.1. The summed E-state index contributed by atoms with van der Waals surface area (Å²) in [5, 5.41) is 15.9. The molecule has 4 rings (SSSR count). The molecule has 1 aromatic heterocycles. The van der Waals surface area contributed by atoms with Crippen molar-refractivity contribution in [2.45, 2.75) is 37.9 Å². The minimum absolute atomic E-state index is 0. The third-order valence-corrected chi connectivity index (χ3v) is 4.51. The molecular formula is C15H21ClN6. The van der Waals surface area contributed by atoms with E-state index in [1.54, 1.807) is 0 Å². The number of hydrogen-bond donors (Lipinski definition) is 1. The summed E-state index contributed by atoms with van der Waals surface area (Å²) >= 11 is 0. The lowest BCUT2D eigenvalue weighted by Gasteiger charge is -2.23. The van der Waals surface area contributed by atoms with Crippen molar-refractivity contribution in [3.63, 3.8) is 0 Å². The number of para-hydroxylation sites is 1. The van der Waals surface area contributed by atoms with Crippen LogP contribution in [0.1, 0.15) is 25.1 Å². The van der Waals surface area contributed by atoms with Crippen molar-refractivity contribution in [1.82, 2.24) is 30.4 Å². The zero-order valence-corrected chi connectivity index (χ0v) is 13.2. The van der Waals surface area contributed by atoms with Gasteiger partial charge in [-0.15, -0.1) is 17.5 Å². The van der Waals surface area contributed by atoms with Gasteiger partial charge in [-0.2, -0.15) is 4.68 Å². The topological polar surface area (TPSA) is 58.9 Å². The van der Waals surface area contributed by atoms with Gasteiger partial charge in [0.05, 0.1) is 12.2 Å². The van der Waals surface area contributed by atoms with Gasteiger partial charge in [-0.05, 0) is 41.8 Å². The predicted octanol–water partition coefficient (Wildman–Crippen LogP) is 1.41. The standard InChI is InChI=1S/C15H20N6.ClH/c1-2-4-14(5-3-1)21-15(17-18-19-21)11-20-9-8-12-6-7-13(10-20)16-12;/h1-5,12-13,16H,6-11H2;1H. The number of benzene rings is 1. The molecule has 2 unspecified atom stereocenters. The summed E-state index contributed by atoms with van der Waals surface area (Å²) in [4.78, 5) is 2.47. The van der Waals surface area contributed by atoms with E-state index in [1.807, 2.05) is 35.0 Å². The minimum atomic E-state index is 0. The van der Waals surface area contributed by atoms with Crippen LogP contribution in [0, 0.1) is 0 Å². The van der Waals surface area contributed by atoms with Crippen LogP contribution in [-0.2, 0) is 6.54 Å². The number of aromatic nitrogens is 4. The summed E-state index contributed by atoms with van der Waals surface area (Å²) in [6.45, 7) is 3.03. The molecule has 2 aliphatic heterocycles. The molecule has 2 fully saturated rings. The van der Waals surface area contributed by atoms with E-state index in [9.17, 15) is 0 Å². The molecule has 2 aliphatic rings. The van der Waals surface area contributed by atoms with E-state index in [4.69, 9.17) is 0 Å². The third kappa shape index (κ3) is 3.14. The number of halogens is 1. The van der Waals surface area contributed by atoms with Crippen molar-refractivity contribution in [3.8, 4) is 5.69 Å². The predicted molar refractivity (Wildman–Crippen MR) is 86.2 cm³/mol. The summed E-state index contributed by atoms with van der Waals surface area (Å²) < 4.78 is 1.84. The Morgan fingerprint density at radius 3 is 2.77 bits per heavy atom. The fourth-order valence-corrected chi connectivity index (χ4v) is 3.43. The van der Waals surface area contributed by atoms with E-state index in [2.05, 4.69) is 25.7 Å². The Kier molecular flexibility index (Phi) is 4.71. The van der Waals surface area contributed by atoms with Crippen LogP contribution in [0.3, 0.4) is 0 Å². The zero-order valence-electron chi connectivity index (χ0n) is 12.4. The van der Waals surface area contributed by atoms with Gasteiger partial charge >= 0.3 is 0 Å². The fourth-order valence-electron chi connectivity index (χ4n) is 3.43. The normalized spacial score (nSPS) is 24.7. The van der Waals surface area contributed by atoms with Gasteiger partial charge in [0.2, 0.25) is 0 Å². The summed E-state index contributed by atoms with van der Waals surface area (Å²) in [5.41, 5.74) is 1.02. The molecular weight excluding hydrogens is 300 g/mol. The summed E-state index contributed by atoms with van der Waals surface area (Å²) in [6.07, 6.45) is 3.86. The van der Waals surface area contributed by atoms with E-state index >= 15 is 0 Å². The van der Waals surface area contributed by atoms with Crippen LogP contribution >= 0.6 is 12.4 Å². The Balaban J connectivity index is 0.00000144. The number of tetrazole rings is 1. The number of nitrogens with one attached hydrogen (secondary N) is 1. The highest BCUT2D eigenvalue weighted by molar-refractivity contribution is 5.85. The molecule has 0 radical (unpaired) electrons. The molecule has 7 heteroatoms. The largest absolute Gasteiger partial charge is 0.310 e. The van der Waals surface area contributed by atoms with Crippen LogP contribution in [0.5, 0.6) is 0 Å². The van der Waals surface area contributed by atoms with Gasteiger partial charge in [0.25, 0.3) is 0 Å². The van der Waals surface area contributed by atoms with E-state index in [0.717, 1.165) is 31.1 Å². The van der Waals surface area contributed by atoms with Crippen LogP contribution in [-0.4, -0.2) is 50.3 Å². The molecule has 2 saturated heterocycles. The van der Waals surface area contributed by atoms with Gasteiger partial charge in [-0.1, -0.05) is 18.2 Å². The number of nitrogens with zero attached hydrogens (tertiary/aromatic N) is 5. The Morgan fingerprint density at radius 1 is 1.09 bits per heavy atom. The van der Waals surface area contributed by atoms with Crippen LogP contribution in [0.15, 0.2) is 30.3 Å². The minimum Gasteiger partial charge on any atom is -0.310 e.